The second kappa shape index (κ2) is 6.28. The number of aliphatic hydroxyl groups is 1. The van der Waals surface area contributed by atoms with Crippen molar-refractivity contribution in [3.63, 3.8) is 0 Å². The van der Waals surface area contributed by atoms with E-state index < -0.39 is 5.60 Å². The molecule has 0 aliphatic carbocycles. The van der Waals surface area contributed by atoms with Crippen LogP contribution in [0.1, 0.15) is 18.0 Å². The van der Waals surface area contributed by atoms with Crippen LogP contribution in [0.4, 0.5) is 0 Å². The third-order valence-corrected chi connectivity index (χ3v) is 5.64. The molecule has 0 saturated carbocycles. The molecule has 1 amide bonds. The Balaban J connectivity index is 1.50. The number of benzene rings is 1. The third kappa shape index (κ3) is 2.74. The number of amides is 1. The van der Waals surface area contributed by atoms with Crippen molar-refractivity contribution in [2.24, 2.45) is 0 Å². The molecule has 1 unspecified atom stereocenters. The smallest absolute Gasteiger partial charge is 0.262 e. The van der Waals surface area contributed by atoms with Gasteiger partial charge in [0.1, 0.15) is 11.5 Å². The topological polar surface area (TPSA) is 83.9 Å². The molecule has 3 aromatic heterocycles. The van der Waals surface area contributed by atoms with E-state index in [2.05, 4.69) is 16.2 Å². The number of carbonyl (C=O) groups is 1. The molecule has 1 N–H and O–H groups in total. The summed E-state index contributed by atoms with van der Waals surface area (Å²) in [6.45, 7) is 2.45. The lowest BCUT2D eigenvalue weighted by Crippen LogP contribution is -2.35. The number of fused-ring (bicyclic) bond motifs is 1. The van der Waals surface area contributed by atoms with Crippen LogP contribution in [-0.2, 0) is 10.4 Å². The van der Waals surface area contributed by atoms with Gasteiger partial charge >= 0.3 is 0 Å². The Kier molecular flexibility index (Phi) is 3.82. The highest BCUT2D eigenvalue weighted by Crippen LogP contribution is 2.35. The Bertz CT molecular complexity index is 1240. The van der Waals surface area contributed by atoms with Crippen molar-refractivity contribution < 1.29 is 14.4 Å². The van der Waals surface area contributed by atoms with Gasteiger partial charge in [0.05, 0.1) is 11.7 Å². The molecule has 4 heterocycles. The van der Waals surface area contributed by atoms with Gasteiger partial charge in [-0.3, -0.25) is 4.79 Å². The first kappa shape index (κ1) is 17.6. The van der Waals surface area contributed by atoms with Crippen molar-refractivity contribution in [3.8, 4) is 22.4 Å². The van der Waals surface area contributed by atoms with E-state index >= 15 is 0 Å². The number of likely N-dealkylation sites (N-methyl/N-ethyl adjacent to an activating group) is 1. The largest absolute Gasteiger partial charge is 0.373 e. The number of hydrogen-bond donors (Lipinski definition) is 1. The number of aromatic nitrogens is 3. The monoisotopic (exact) mass is 388 g/mol. The molecule has 29 heavy (non-hydrogen) atoms. The van der Waals surface area contributed by atoms with Crippen molar-refractivity contribution >= 4 is 11.4 Å². The van der Waals surface area contributed by atoms with Crippen molar-refractivity contribution in [3.05, 3.63) is 66.4 Å². The van der Waals surface area contributed by atoms with Gasteiger partial charge in [0, 0.05) is 37.8 Å². The number of likely N-dealkylation sites (tertiary alicyclic amines) is 1. The van der Waals surface area contributed by atoms with Crippen LogP contribution in [0, 0.1) is 6.92 Å². The van der Waals surface area contributed by atoms with Crippen LogP contribution in [0.25, 0.3) is 27.9 Å². The van der Waals surface area contributed by atoms with Gasteiger partial charge in [-0.2, -0.15) is 0 Å². The zero-order chi connectivity index (χ0) is 20.2. The molecule has 5 rings (SSSR count). The lowest BCUT2D eigenvalue weighted by atomic mass is 9.97. The van der Waals surface area contributed by atoms with E-state index in [1.165, 1.54) is 4.90 Å². The summed E-state index contributed by atoms with van der Waals surface area (Å²) < 4.78 is 7.41. The van der Waals surface area contributed by atoms with Gasteiger partial charge in [-0.15, -0.1) is 0 Å². The Morgan fingerprint density at radius 2 is 1.93 bits per heavy atom. The Labute approximate surface area is 167 Å². The van der Waals surface area contributed by atoms with E-state index in [-0.39, 0.29) is 11.7 Å². The standard InChI is InChI=1S/C22H20N4O3/c1-14-23-13-18-11-16(6-8-26(14)18)15-4-3-5-17(10-15)19-12-20(29-24-19)22(28)7-9-25(2)21(22)27/h3-6,8,10-13,28H,7,9H2,1-2H3. The SMILES string of the molecule is Cc1ncc2cc(-c3cccc(-c4cc(C5(O)CCN(C)C5=O)on4)c3)ccn12. The molecule has 1 saturated heterocycles. The van der Waals surface area contributed by atoms with Crippen LogP contribution in [-0.4, -0.2) is 44.0 Å². The van der Waals surface area contributed by atoms with Gasteiger partial charge in [0.25, 0.3) is 5.91 Å². The molecule has 7 heteroatoms. The highest BCUT2D eigenvalue weighted by molar-refractivity contribution is 5.88. The van der Waals surface area contributed by atoms with Crippen molar-refractivity contribution in [1.29, 1.82) is 0 Å². The third-order valence-electron chi connectivity index (χ3n) is 5.64. The van der Waals surface area contributed by atoms with Gasteiger partial charge in [-0.1, -0.05) is 23.4 Å². The fourth-order valence-electron chi connectivity index (χ4n) is 3.86. The van der Waals surface area contributed by atoms with Crippen molar-refractivity contribution in [2.45, 2.75) is 18.9 Å². The summed E-state index contributed by atoms with van der Waals surface area (Å²) >= 11 is 0. The molecule has 146 valence electrons. The number of imidazole rings is 1. The van der Waals surface area contributed by atoms with Gasteiger partial charge in [-0.25, -0.2) is 4.98 Å². The number of hydrogen-bond acceptors (Lipinski definition) is 5. The zero-order valence-corrected chi connectivity index (χ0v) is 16.2. The van der Waals surface area contributed by atoms with Gasteiger partial charge in [0.2, 0.25) is 5.60 Å². The maximum Gasteiger partial charge on any atom is 0.262 e. The Hall–Kier alpha value is -3.45. The van der Waals surface area contributed by atoms with Gasteiger partial charge < -0.3 is 18.9 Å². The lowest BCUT2D eigenvalue weighted by Gasteiger charge is -2.16. The van der Waals surface area contributed by atoms with Crippen molar-refractivity contribution in [2.75, 3.05) is 13.6 Å². The molecule has 0 radical (unpaired) electrons. The summed E-state index contributed by atoms with van der Waals surface area (Å²) in [4.78, 5) is 18.1. The number of rotatable bonds is 3. The second-order valence-electron chi connectivity index (χ2n) is 7.51. The number of pyridine rings is 1. The summed E-state index contributed by atoms with van der Waals surface area (Å²) in [7, 11) is 1.67. The summed E-state index contributed by atoms with van der Waals surface area (Å²) in [6, 6.07) is 13.7. The van der Waals surface area contributed by atoms with E-state index in [1.54, 1.807) is 13.1 Å². The van der Waals surface area contributed by atoms with Crippen LogP contribution >= 0.6 is 0 Å². The van der Waals surface area contributed by atoms with E-state index in [9.17, 15) is 9.90 Å². The number of nitrogens with zero attached hydrogens (tertiary/aromatic N) is 4. The van der Waals surface area contributed by atoms with Crippen LogP contribution in [0.15, 0.2) is 59.4 Å². The molecule has 1 atom stereocenters. The molecule has 1 fully saturated rings. The van der Waals surface area contributed by atoms with Crippen LogP contribution in [0.5, 0.6) is 0 Å². The van der Waals surface area contributed by atoms with Gasteiger partial charge in [0.15, 0.2) is 5.76 Å². The molecule has 4 aromatic rings. The molecular formula is C22H20N4O3. The lowest BCUT2D eigenvalue weighted by molar-refractivity contribution is -0.144. The molecule has 1 aliphatic rings. The minimum absolute atomic E-state index is 0.184. The first-order valence-electron chi connectivity index (χ1n) is 9.45. The normalized spacial score (nSPS) is 19.4. The summed E-state index contributed by atoms with van der Waals surface area (Å²) in [5.41, 5.74) is 2.92. The molecule has 7 nitrogen and oxygen atoms in total. The van der Waals surface area contributed by atoms with E-state index in [0.29, 0.717) is 18.7 Å². The summed E-state index contributed by atoms with van der Waals surface area (Å²) in [5.74, 6) is 0.766. The molecule has 0 bridgehead atoms. The Morgan fingerprint density at radius 3 is 2.72 bits per heavy atom. The average molecular weight is 388 g/mol. The number of aryl methyl sites for hydroxylation is 1. The van der Waals surface area contributed by atoms with Crippen molar-refractivity contribution in [1.82, 2.24) is 19.4 Å². The molecule has 1 aliphatic heterocycles. The number of carbonyl (C=O) groups excluding carboxylic acids is 1. The van der Waals surface area contributed by atoms with Crippen LogP contribution in [0.3, 0.4) is 0 Å². The van der Waals surface area contributed by atoms with E-state index in [0.717, 1.165) is 28.0 Å². The van der Waals surface area contributed by atoms with Crippen LogP contribution < -0.4 is 0 Å². The fraction of sp³-hybridized carbons (Fsp3) is 0.227. The highest BCUT2D eigenvalue weighted by Gasteiger charge is 2.48. The fourth-order valence-corrected chi connectivity index (χ4v) is 3.86. The minimum Gasteiger partial charge on any atom is -0.373 e. The van der Waals surface area contributed by atoms with Crippen LogP contribution in [0.2, 0.25) is 0 Å². The summed E-state index contributed by atoms with van der Waals surface area (Å²) in [5, 5.41) is 14.9. The maximum atomic E-state index is 12.3. The molecule has 0 spiro atoms. The predicted octanol–water partition coefficient (Wildman–Crippen LogP) is 3.01. The van der Waals surface area contributed by atoms with E-state index in [1.807, 2.05) is 54.0 Å². The minimum atomic E-state index is -1.64. The zero-order valence-electron chi connectivity index (χ0n) is 16.2. The molecule has 1 aromatic carbocycles. The average Bonchev–Trinajstić information content (AvgIpc) is 3.44. The second-order valence-corrected chi connectivity index (χ2v) is 7.51. The Morgan fingerprint density at radius 1 is 1.14 bits per heavy atom. The first-order chi connectivity index (χ1) is 14.0. The first-order valence-corrected chi connectivity index (χ1v) is 9.45. The quantitative estimate of drug-likeness (QED) is 0.583. The van der Waals surface area contributed by atoms with Gasteiger partial charge in [-0.05, 0) is 36.2 Å². The predicted molar refractivity (Wildman–Crippen MR) is 107 cm³/mol. The highest BCUT2D eigenvalue weighted by atomic mass is 16.5. The van der Waals surface area contributed by atoms with E-state index in [4.69, 9.17) is 4.52 Å². The summed E-state index contributed by atoms with van der Waals surface area (Å²) in [6.07, 6.45) is 4.15. The molecular weight excluding hydrogens is 368 g/mol. The maximum absolute atomic E-state index is 12.3.